The molecule has 0 spiro atoms. The van der Waals surface area contributed by atoms with Crippen molar-refractivity contribution < 1.29 is 0 Å². The van der Waals surface area contributed by atoms with Crippen LogP contribution in [0, 0.1) is 0 Å². The SMILES string of the molecule is [Sn][CH2]CCCC[CH2][Sn]. The Morgan fingerprint density at radius 3 is 1.25 bits per heavy atom. The van der Waals surface area contributed by atoms with Crippen molar-refractivity contribution in [1.82, 2.24) is 0 Å². The number of hydrogen-bond donors (Lipinski definition) is 0. The van der Waals surface area contributed by atoms with Gasteiger partial charge in [0.2, 0.25) is 0 Å². The number of hydrogen-bond acceptors (Lipinski definition) is 0. The molecule has 2 heteroatoms. The van der Waals surface area contributed by atoms with Gasteiger partial charge in [-0.25, -0.2) is 0 Å². The second-order valence-electron chi connectivity index (χ2n) is 1.91. The zero-order chi connectivity index (χ0) is 6.24. The van der Waals surface area contributed by atoms with Crippen LogP contribution in [0.25, 0.3) is 0 Å². The standard InChI is InChI=1S/C6H12.2Sn/c1-3-5-6-4-2;;/h1-6H2;;. The molecule has 0 aliphatic heterocycles. The van der Waals surface area contributed by atoms with Crippen molar-refractivity contribution >= 4 is 45.0 Å². The van der Waals surface area contributed by atoms with Gasteiger partial charge in [-0.2, -0.15) is 0 Å². The zero-order valence-electron chi connectivity index (χ0n) is 5.24. The van der Waals surface area contributed by atoms with Gasteiger partial charge >= 0.3 is 79.6 Å². The van der Waals surface area contributed by atoms with E-state index in [0.29, 0.717) is 0 Å². The second-order valence-corrected chi connectivity index (χ2v) is 4.77. The average Bonchev–Trinajstić information content (AvgIpc) is 1.81. The van der Waals surface area contributed by atoms with Gasteiger partial charge in [-0.3, -0.25) is 0 Å². The van der Waals surface area contributed by atoms with Crippen molar-refractivity contribution in [3.05, 3.63) is 0 Å². The molecule has 0 aromatic heterocycles. The minimum atomic E-state index is 1.46. The van der Waals surface area contributed by atoms with Gasteiger partial charge in [-0.15, -0.1) is 0 Å². The topological polar surface area (TPSA) is 0 Å². The molecular formula is C6H12Sn2. The molecule has 8 heavy (non-hydrogen) atoms. The monoisotopic (exact) mass is 324 g/mol. The van der Waals surface area contributed by atoms with Crippen molar-refractivity contribution in [3.8, 4) is 0 Å². The first-order valence-corrected chi connectivity index (χ1v) is 7.24. The van der Waals surface area contributed by atoms with Crippen LogP contribution in [0.1, 0.15) is 25.7 Å². The molecule has 0 aromatic carbocycles. The molecule has 0 bridgehead atoms. The molecule has 0 aromatic rings. The van der Waals surface area contributed by atoms with Crippen LogP contribution in [0.3, 0.4) is 0 Å². The van der Waals surface area contributed by atoms with Gasteiger partial charge in [-0.05, 0) is 0 Å². The maximum atomic E-state index is 1.71. The molecule has 0 N–H and O–H groups in total. The molecule has 0 heterocycles. The van der Waals surface area contributed by atoms with Crippen molar-refractivity contribution in [2.45, 2.75) is 34.6 Å². The van der Waals surface area contributed by atoms with Crippen LogP contribution in [0.4, 0.5) is 0 Å². The first-order valence-electron chi connectivity index (χ1n) is 3.21. The third-order valence-corrected chi connectivity index (χ3v) is 3.12. The Labute approximate surface area is 79.0 Å². The van der Waals surface area contributed by atoms with Gasteiger partial charge in [0.25, 0.3) is 0 Å². The van der Waals surface area contributed by atoms with Crippen molar-refractivity contribution in [2.75, 3.05) is 0 Å². The maximum absolute atomic E-state index is 1.71. The predicted molar refractivity (Wildman–Crippen MR) is 39.6 cm³/mol. The fourth-order valence-corrected chi connectivity index (χ4v) is 2.03. The van der Waals surface area contributed by atoms with E-state index in [-0.39, 0.29) is 0 Å². The van der Waals surface area contributed by atoms with Crippen LogP contribution in [0.15, 0.2) is 0 Å². The second kappa shape index (κ2) is 8.60. The van der Waals surface area contributed by atoms with Gasteiger partial charge < -0.3 is 0 Å². The van der Waals surface area contributed by atoms with Crippen LogP contribution < -0.4 is 0 Å². The molecule has 0 saturated carbocycles. The summed E-state index contributed by atoms with van der Waals surface area (Å²) in [4.78, 5) is 0. The van der Waals surface area contributed by atoms with E-state index >= 15 is 0 Å². The summed E-state index contributed by atoms with van der Waals surface area (Å²) in [5.41, 5.74) is 0. The quantitative estimate of drug-likeness (QED) is 0.534. The molecule has 6 radical (unpaired) electrons. The summed E-state index contributed by atoms with van der Waals surface area (Å²) in [5.74, 6) is 0. The van der Waals surface area contributed by atoms with Crippen LogP contribution >= 0.6 is 0 Å². The van der Waals surface area contributed by atoms with Crippen molar-refractivity contribution in [2.24, 2.45) is 0 Å². The van der Waals surface area contributed by atoms with Crippen molar-refractivity contribution in [1.29, 1.82) is 0 Å². The van der Waals surface area contributed by atoms with E-state index in [9.17, 15) is 0 Å². The van der Waals surface area contributed by atoms with Gasteiger partial charge in [0.05, 0.1) is 0 Å². The molecule has 0 unspecified atom stereocenters. The molecule has 0 saturated heterocycles. The minimum absolute atomic E-state index is 1.46. The third-order valence-electron chi connectivity index (χ3n) is 1.10. The molecule has 0 rings (SSSR count). The van der Waals surface area contributed by atoms with Crippen LogP contribution in [0.2, 0.25) is 8.87 Å². The van der Waals surface area contributed by atoms with Gasteiger partial charge in [-0.1, -0.05) is 0 Å². The Morgan fingerprint density at radius 2 is 1.00 bits per heavy atom. The van der Waals surface area contributed by atoms with E-state index in [1.54, 1.807) is 45.0 Å². The fourth-order valence-electron chi connectivity index (χ4n) is 0.604. The first-order chi connectivity index (χ1) is 3.91. The van der Waals surface area contributed by atoms with E-state index in [0.717, 1.165) is 0 Å². The summed E-state index contributed by atoms with van der Waals surface area (Å²) in [6.07, 6.45) is 5.93. The molecule has 0 aliphatic carbocycles. The fraction of sp³-hybridized carbons (Fsp3) is 1.00. The summed E-state index contributed by atoms with van der Waals surface area (Å²) < 4.78 is 2.92. The van der Waals surface area contributed by atoms with Crippen LogP contribution in [-0.4, -0.2) is 45.0 Å². The third kappa shape index (κ3) is 7.60. The summed E-state index contributed by atoms with van der Waals surface area (Å²) in [6.45, 7) is 0. The van der Waals surface area contributed by atoms with Gasteiger partial charge in [0, 0.05) is 0 Å². The Bertz CT molecular complexity index is 31.5. The molecule has 0 amide bonds. The Morgan fingerprint density at radius 1 is 0.625 bits per heavy atom. The van der Waals surface area contributed by atoms with Gasteiger partial charge in [0.15, 0.2) is 0 Å². The van der Waals surface area contributed by atoms with E-state index in [2.05, 4.69) is 0 Å². The normalized spacial score (nSPS) is 9.75. The van der Waals surface area contributed by atoms with Gasteiger partial charge in [0.1, 0.15) is 0 Å². The Balaban J connectivity index is 2.53. The van der Waals surface area contributed by atoms with E-state index < -0.39 is 0 Å². The van der Waals surface area contributed by atoms with E-state index in [1.165, 1.54) is 34.6 Å². The first kappa shape index (κ1) is 9.60. The summed E-state index contributed by atoms with van der Waals surface area (Å²) in [5, 5.41) is 0. The predicted octanol–water partition coefficient (Wildman–Crippen LogP) is 1.72. The number of rotatable bonds is 5. The molecular weight excluding hydrogens is 309 g/mol. The molecule has 0 nitrogen and oxygen atoms in total. The molecule has 0 aliphatic rings. The Kier molecular flexibility index (Phi) is 10.3. The van der Waals surface area contributed by atoms with E-state index in [4.69, 9.17) is 0 Å². The molecule has 0 atom stereocenters. The number of unbranched alkanes of at least 4 members (excludes halogenated alkanes) is 3. The van der Waals surface area contributed by atoms with Crippen molar-refractivity contribution in [3.63, 3.8) is 0 Å². The molecule has 44 valence electrons. The van der Waals surface area contributed by atoms with E-state index in [1.807, 2.05) is 0 Å². The molecule has 0 fully saturated rings. The zero-order valence-corrected chi connectivity index (χ0v) is 11.0. The summed E-state index contributed by atoms with van der Waals surface area (Å²) in [7, 11) is 0. The Hall–Kier alpha value is 1.60. The average molecular weight is 322 g/mol. The van der Waals surface area contributed by atoms with Crippen LogP contribution in [-0.2, 0) is 0 Å². The summed E-state index contributed by atoms with van der Waals surface area (Å²) >= 11 is 3.42. The van der Waals surface area contributed by atoms with Crippen LogP contribution in [0.5, 0.6) is 0 Å². The summed E-state index contributed by atoms with van der Waals surface area (Å²) in [6, 6.07) is 0.